The molecule has 6 nitrogen and oxygen atoms in total. The molecular weight excluding hydrogens is 392 g/mol. The van der Waals surface area contributed by atoms with Gasteiger partial charge in [-0.15, -0.1) is 0 Å². The standard InChI is InChI=1S/C25H34N2O4/c1-15-17(9-10-21(28)26-11-8-12-27(6)7)24(29)31-23-16(2)22-19(13-18(15)23)20(14-30-22)25(3,4)5/h13-14H,8-12H2,1-7H3,(H,26,28). The Labute approximate surface area is 183 Å². The first-order valence-corrected chi connectivity index (χ1v) is 10.9. The Bertz CT molecular complexity index is 1160. The predicted molar refractivity (Wildman–Crippen MR) is 125 cm³/mol. The van der Waals surface area contributed by atoms with E-state index in [4.69, 9.17) is 8.83 Å². The second-order valence-corrected chi connectivity index (χ2v) is 9.65. The largest absolute Gasteiger partial charge is 0.464 e. The average molecular weight is 427 g/mol. The molecule has 2 aromatic heterocycles. The summed E-state index contributed by atoms with van der Waals surface area (Å²) >= 11 is 0. The fourth-order valence-corrected chi connectivity index (χ4v) is 4.02. The number of carbonyl (C=O) groups excluding carboxylic acids is 1. The molecule has 3 rings (SSSR count). The van der Waals surface area contributed by atoms with E-state index in [0.29, 0.717) is 24.1 Å². The van der Waals surface area contributed by atoms with Crippen molar-refractivity contribution in [1.82, 2.24) is 10.2 Å². The third kappa shape index (κ3) is 4.85. The van der Waals surface area contributed by atoms with Crippen molar-refractivity contribution in [2.45, 2.75) is 59.3 Å². The monoisotopic (exact) mass is 426 g/mol. The third-order valence-electron chi connectivity index (χ3n) is 5.86. The van der Waals surface area contributed by atoms with Crippen molar-refractivity contribution in [1.29, 1.82) is 0 Å². The molecule has 0 fully saturated rings. The van der Waals surface area contributed by atoms with Gasteiger partial charge in [-0.3, -0.25) is 4.79 Å². The number of hydrogen-bond acceptors (Lipinski definition) is 5. The lowest BCUT2D eigenvalue weighted by Gasteiger charge is -2.17. The maximum absolute atomic E-state index is 12.7. The van der Waals surface area contributed by atoms with E-state index in [-0.39, 0.29) is 23.4 Å². The molecule has 1 amide bonds. The molecular formula is C25H34N2O4. The summed E-state index contributed by atoms with van der Waals surface area (Å²) in [7, 11) is 4.01. The van der Waals surface area contributed by atoms with Crippen LogP contribution in [-0.4, -0.2) is 38.0 Å². The van der Waals surface area contributed by atoms with Crippen molar-refractivity contribution in [2.75, 3.05) is 27.2 Å². The second kappa shape index (κ2) is 8.87. The molecule has 1 N–H and O–H groups in total. The van der Waals surface area contributed by atoms with Gasteiger partial charge in [0, 0.05) is 40.4 Å². The molecule has 6 heteroatoms. The number of rotatable bonds is 7. The lowest BCUT2D eigenvalue weighted by atomic mass is 9.86. The zero-order valence-corrected chi connectivity index (χ0v) is 19.8. The first kappa shape index (κ1) is 23.1. The molecule has 31 heavy (non-hydrogen) atoms. The Morgan fingerprint density at radius 2 is 1.81 bits per heavy atom. The van der Waals surface area contributed by atoms with E-state index in [1.54, 1.807) is 6.26 Å². The smallest absolute Gasteiger partial charge is 0.339 e. The zero-order chi connectivity index (χ0) is 22.9. The van der Waals surface area contributed by atoms with Crippen LogP contribution in [0.1, 0.15) is 55.9 Å². The minimum atomic E-state index is -0.379. The molecule has 168 valence electrons. The molecule has 0 atom stereocenters. The summed E-state index contributed by atoms with van der Waals surface area (Å²) in [6, 6.07) is 2.06. The van der Waals surface area contributed by atoms with Crippen LogP contribution in [-0.2, 0) is 16.6 Å². The van der Waals surface area contributed by atoms with Gasteiger partial charge in [0.25, 0.3) is 0 Å². The predicted octanol–water partition coefficient (Wildman–Crippen LogP) is 4.45. The Hall–Kier alpha value is -2.60. The zero-order valence-electron chi connectivity index (χ0n) is 19.8. The number of aryl methyl sites for hydroxylation is 2. The van der Waals surface area contributed by atoms with E-state index in [9.17, 15) is 9.59 Å². The van der Waals surface area contributed by atoms with E-state index in [1.165, 1.54) is 0 Å². The SMILES string of the molecule is Cc1c(CCC(=O)NCCCN(C)C)c(=O)oc2c(C)c3occ(C(C)(C)C)c3cc12. The molecule has 0 radical (unpaired) electrons. The molecule has 0 aliphatic carbocycles. The lowest BCUT2D eigenvalue weighted by molar-refractivity contribution is -0.121. The number of benzene rings is 1. The number of furan rings is 1. The van der Waals surface area contributed by atoms with Gasteiger partial charge in [0.2, 0.25) is 5.91 Å². The number of nitrogens with one attached hydrogen (secondary N) is 1. The summed E-state index contributed by atoms with van der Waals surface area (Å²) in [5.74, 6) is -0.0471. The maximum atomic E-state index is 12.7. The number of hydrogen-bond donors (Lipinski definition) is 1. The quantitative estimate of drug-likeness (QED) is 0.446. The van der Waals surface area contributed by atoms with E-state index in [2.05, 4.69) is 37.1 Å². The highest BCUT2D eigenvalue weighted by Crippen LogP contribution is 2.37. The summed E-state index contributed by atoms with van der Waals surface area (Å²) in [5.41, 5.74) is 4.25. The number of carbonyl (C=O) groups is 1. The van der Waals surface area contributed by atoms with Crippen LogP contribution in [0, 0.1) is 13.8 Å². The Balaban J connectivity index is 1.90. The van der Waals surface area contributed by atoms with Crippen molar-refractivity contribution in [3.63, 3.8) is 0 Å². The van der Waals surface area contributed by atoms with Crippen LogP contribution in [0.2, 0.25) is 0 Å². The average Bonchev–Trinajstić information content (AvgIpc) is 3.11. The Kier molecular flexibility index (Phi) is 6.60. The maximum Gasteiger partial charge on any atom is 0.339 e. The van der Waals surface area contributed by atoms with Gasteiger partial charge in [-0.2, -0.15) is 0 Å². The molecule has 0 saturated heterocycles. The van der Waals surface area contributed by atoms with Gasteiger partial charge < -0.3 is 19.1 Å². The van der Waals surface area contributed by atoms with Crippen LogP contribution in [0.15, 0.2) is 26.0 Å². The molecule has 0 unspecified atom stereocenters. The minimum absolute atomic E-state index is 0.0471. The molecule has 2 heterocycles. The summed E-state index contributed by atoms with van der Waals surface area (Å²) in [6.07, 6.45) is 3.31. The number of nitrogens with zero attached hydrogens (tertiary/aromatic N) is 1. The summed E-state index contributed by atoms with van der Waals surface area (Å²) in [4.78, 5) is 27.0. The highest BCUT2D eigenvalue weighted by atomic mass is 16.4. The minimum Gasteiger partial charge on any atom is -0.464 e. The molecule has 3 aromatic rings. The van der Waals surface area contributed by atoms with Crippen LogP contribution in [0.3, 0.4) is 0 Å². The summed E-state index contributed by atoms with van der Waals surface area (Å²) in [6.45, 7) is 11.9. The topological polar surface area (TPSA) is 75.7 Å². The first-order valence-electron chi connectivity index (χ1n) is 10.9. The molecule has 0 bridgehead atoms. The van der Waals surface area contributed by atoms with Gasteiger partial charge in [-0.1, -0.05) is 20.8 Å². The summed E-state index contributed by atoms with van der Waals surface area (Å²) < 4.78 is 11.6. The number of fused-ring (bicyclic) bond motifs is 2. The highest BCUT2D eigenvalue weighted by Gasteiger charge is 2.23. The van der Waals surface area contributed by atoms with Gasteiger partial charge in [0.1, 0.15) is 11.2 Å². The Morgan fingerprint density at radius 3 is 2.45 bits per heavy atom. The third-order valence-corrected chi connectivity index (χ3v) is 5.86. The molecule has 0 saturated carbocycles. The lowest BCUT2D eigenvalue weighted by Crippen LogP contribution is -2.27. The van der Waals surface area contributed by atoms with Crippen LogP contribution in [0.5, 0.6) is 0 Å². The number of amides is 1. The van der Waals surface area contributed by atoms with E-state index >= 15 is 0 Å². The van der Waals surface area contributed by atoms with E-state index in [1.807, 2.05) is 27.9 Å². The van der Waals surface area contributed by atoms with Crippen LogP contribution in [0.4, 0.5) is 0 Å². The van der Waals surface area contributed by atoms with Crippen molar-refractivity contribution in [3.05, 3.63) is 45.0 Å². The van der Waals surface area contributed by atoms with Gasteiger partial charge in [0.15, 0.2) is 0 Å². The van der Waals surface area contributed by atoms with Crippen LogP contribution in [0.25, 0.3) is 21.9 Å². The highest BCUT2D eigenvalue weighted by molar-refractivity contribution is 6.00. The first-order chi connectivity index (χ1) is 14.5. The Morgan fingerprint density at radius 1 is 1.10 bits per heavy atom. The molecule has 0 spiro atoms. The molecule has 1 aromatic carbocycles. The van der Waals surface area contributed by atoms with Crippen LogP contribution < -0.4 is 10.9 Å². The van der Waals surface area contributed by atoms with Crippen molar-refractivity contribution in [2.24, 2.45) is 0 Å². The molecule has 0 aliphatic rings. The second-order valence-electron chi connectivity index (χ2n) is 9.65. The normalized spacial score (nSPS) is 12.3. The van der Waals surface area contributed by atoms with Crippen LogP contribution >= 0.6 is 0 Å². The van der Waals surface area contributed by atoms with Crippen molar-refractivity contribution < 1.29 is 13.6 Å². The van der Waals surface area contributed by atoms with Gasteiger partial charge in [0.05, 0.1) is 6.26 Å². The van der Waals surface area contributed by atoms with Gasteiger partial charge in [-0.25, -0.2) is 4.79 Å². The van der Waals surface area contributed by atoms with E-state index < -0.39 is 0 Å². The fraction of sp³-hybridized carbons (Fsp3) is 0.520. The van der Waals surface area contributed by atoms with Gasteiger partial charge >= 0.3 is 5.63 Å². The summed E-state index contributed by atoms with van der Waals surface area (Å²) in [5, 5.41) is 4.87. The fourth-order valence-electron chi connectivity index (χ4n) is 4.02. The van der Waals surface area contributed by atoms with Crippen molar-refractivity contribution >= 4 is 27.8 Å². The van der Waals surface area contributed by atoms with E-state index in [0.717, 1.165) is 46.0 Å². The van der Waals surface area contributed by atoms with Gasteiger partial charge in [-0.05, 0) is 64.4 Å². The molecule has 0 aliphatic heterocycles. The van der Waals surface area contributed by atoms with Crippen molar-refractivity contribution in [3.8, 4) is 0 Å².